The van der Waals surface area contributed by atoms with Crippen molar-refractivity contribution in [2.75, 3.05) is 12.4 Å². The fourth-order valence-corrected chi connectivity index (χ4v) is 4.09. The molecule has 0 unspecified atom stereocenters. The number of nitrogens with one attached hydrogen (secondary N) is 2. The van der Waals surface area contributed by atoms with E-state index in [0.29, 0.717) is 21.7 Å². The molecule has 2 bridgehead atoms. The number of methoxy groups -OCH3 is 1. The van der Waals surface area contributed by atoms with Crippen molar-refractivity contribution < 1.29 is 9.53 Å². The number of carbonyl (C=O) groups excluding carboxylic acids is 1. The molecule has 0 saturated heterocycles. The molecule has 0 heterocycles. The Morgan fingerprint density at radius 1 is 1.36 bits per heavy atom. The quantitative estimate of drug-likeness (QED) is 0.651. The van der Waals surface area contributed by atoms with Gasteiger partial charge in [-0.25, -0.2) is 4.79 Å². The van der Waals surface area contributed by atoms with Gasteiger partial charge in [-0.2, -0.15) is 0 Å². The zero-order chi connectivity index (χ0) is 15.7. The van der Waals surface area contributed by atoms with Crippen molar-refractivity contribution in [1.82, 2.24) is 5.32 Å². The Hall–Kier alpha value is -1.33. The summed E-state index contributed by atoms with van der Waals surface area (Å²) in [5.41, 5.74) is 1.06. The first-order valence-corrected chi connectivity index (χ1v) is 8.31. The van der Waals surface area contributed by atoms with Gasteiger partial charge in [0, 0.05) is 11.7 Å². The van der Waals surface area contributed by atoms with Gasteiger partial charge in [-0.15, -0.1) is 0 Å². The molecule has 0 radical (unpaired) electrons. The van der Waals surface area contributed by atoms with Crippen LogP contribution in [0.15, 0.2) is 18.2 Å². The van der Waals surface area contributed by atoms with E-state index in [1.807, 2.05) is 0 Å². The van der Waals surface area contributed by atoms with E-state index in [1.54, 1.807) is 18.2 Å². The second-order valence-corrected chi connectivity index (χ2v) is 6.88. The molecule has 3 atom stereocenters. The Bertz CT molecular complexity index is 608. The summed E-state index contributed by atoms with van der Waals surface area (Å²) in [6.07, 6.45) is 5.20. The topological polar surface area (TPSA) is 50.4 Å². The zero-order valence-corrected chi connectivity index (χ0v) is 14.0. The van der Waals surface area contributed by atoms with Crippen molar-refractivity contribution in [3.05, 3.63) is 28.8 Å². The molecule has 1 aromatic carbocycles. The van der Waals surface area contributed by atoms with E-state index in [4.69, 9.17) is 28.6 Å². The van der Waals surface area contributed by atoms with Crippen molar-refractivity contribution in [2.24, 2.45) is 11.8 Å². The van der Waals surface area contributed by atoms with Gasteiger partial charge in [0.2, 0.25) is 0 Å². The molecule has 2 aliphatic rings. The minimum Gasteiger partial charge on any atom is -0.465 e. The summed E-state index contributed by atoms with van der Waals surface area (Å²) in [4.78, 5) is 11.7. The summed E-state index contributed by atoms with van der Waals surface area (Å²) < 4.78 is 4.72. The van der Waals surface area contributed by atoms with Crippen LogP contribution in [0.4, 0.5) is 5.69 Å². The van der Waals surface area contributed by atoms with Crippen LogP contribution in [-0.2, 0) is 4.74 Å². The van der Waals surface area contributed by atoms with Crippen LogP contribution in [0.3, 0.4) is 0 Å². The first-order chi connectivity index (χ1) is 10.6. The van der Waals surface area contributed by atoms with Gasteiger partial charge in [-0.1, -0.05) is 18.0 Å². The Balaban J connectivity index is 1.63. The molecule has 2 aliphatic carbocycles. The number of thiocarbonyl (C=S) groups is 1. The van der Waals surface area contributed by atoms with E-state index >= 15 is 0 Å². The van der Waals surface area contributed by atoms with Crippen LogP contribution >= 0.6 is 23.8 Å². The van der Waals surface area contributed by atoms with Crippen LogP contribution in [0.2, 0.25) is 5.02 Å². The van der Waals surface area contributed by atoms with Crippen LogP contribution in [-0.4, -0.2) is 24.2 Å². The molecule has 2 saturated carbocycles. The van der Waals surface area contributed by atoms with Crippen LogP contribution in [0.25, 0.3) is 0 Å². The number of rotatable bonds is 3. The molecule has 22 heavy (non-hydrogen) atoms. The third-order valence-corrected chi connectivity index (χ3v) is 5.23. The Labute approximate surface area is 140 Å². The Morgan fingerprint density at radius 3 is 2.82 bits per heavy atom. The average molecular weight is 339 g/mol. The fourth-order valence-electron chi connectivity index (χ4n) is 3.63. The maximum Gasteiger partial charge on any atom is 0.339 e. The SMILES string of the molecule is COC(=O)c1cc(NC(=S)N[C@H]2C[C@H]3CC[C@H]2C3)ccc1Cl. The molecule has 2 N–H and O–H groups in total. The van der Waals surface area contributed by atoms with Gasteiger partial charge >= 0.3 is 5.97 Å². The molecule has 4 nitrogen and oxygen atoms in total. The van der Waals surface area contributed by atoms with Gasteiger partial charge in [0.15, 0.2) is 5.11 Å². The van der Waals surface area contributed by atoms with E-state index in [-0.39, 0.29) is 0 Å². The van der Waals surface area contributed by atoms with Gasteiger partial charge in [0.25, 0.3) is 0 Å². The van der Waals surface area contributed by atoms with E-state index in [1.165, 1.54) is 32.8 Å². The summed E-state index contributed by atoms with van der Waals surface area (Å²) in [5.74, 6) is 1.16. The normalized spacial score (nSPS) is 25.8. The second-order valence-electron chi connectivity index (χ2n) is 6.07. The standard InChI is InChI=1S/C16H19ClN2O2S/c1-21-15(20)12-8-11(4-5-13(12)17)18-16(22)19-14-7-9-2-3-10(14)6-9/h4-5,8-10,14H,2-3,6-7H2,1H3,(H2,18,19,22)/t9-,10-,14-/m0/s1. The first-order valence-electron chi connectivity index (χ1n) is 7.52. The van der Waals surface area contributed by atoms with Crippen LogP contribution < -0.4 is 10.6 Å². The number of benzene rings is 1. The highest BCUT2D eigenvalue weighted by molar-refractivity contribution is 7.80. The highest BCUT2D eigenvalue weighted by atomic mass is 35.5. The average Bonchev–Trinajstić information content (AvgIpc) is 3.11. The van der Waals surface area contributed by atoms with Crippen molar-refractivity contribution in [1.29, 1.82) is 0 Å². The highest BCUT2D eigenvalue weighted by Crippen LogP contribution is 2.44. The number of halogens is 1. The minimum atomic E-state index is -0.458. The van der Waals surface area contributed by atoms with E-state index in [9.17, 15) is 4.79 Å². The first kappa shape index (κ1) is 15.6. The van der Waals surface area contributed by atoms with Crippen LogP contribution in [0, 0.1) is 11.8 Å². The van der Waals surface area contributed by atoms with Crippen molar-refractivity contribution >= 4 is 40.6 Å². The molecular weight excluding hydrogens is 320 g/mol. The molecule has 6 heteroatoms. The van der Waals surface area contributed by atoms with Gasteiger partial charge in [0.05, 0.1) is 17.7 Å². The molecule has 0 aliphatic heterocycles. The zero-order valence-electron chi connectivity index (χ0n) is 12.4. The number of hydrogen-bond donors (Lipinski definition) is 2. The van der Waals surface area contributed by atoms with Gasteiger partial charge in [-0.3, -0.25) is 0 Å². The number of esters is 1. The minimum absolute atomic E-state index is 0.330. The van der Waals surface area contributed by atoms with Gasteiger partial charge in [-0.05, 0) is 61.5 Å². The van der Waals surface area contributed by atoms with Crippen molar-refractivity contribution in [3.63, 3.8) is 0 Å². The van der Waals surface area contributed by atoms with E-state index < -0.39 is 5.97 Å². The summed E-state index contributed by atoms with van der Waals surface area (Å²) >= 11 is 11.4. The number of hydrogen-bond acceptors (Lipinski definition) is 3. The second kappa shape index (κ2) is 6.42. The van der Waals surface area contributed by atoms with Crippen molar-refractivity contribution in [3.8, 4) is 0 Å². The van der Waals surface area contributed by atoms with Crippen molar-refractivity contribution in [2.45, 2.75) is 31.7 Å². The van der Waals surface area contributed by atoms with E-state index in [0.717, 1.165) is 17.5 Å². The molecule has 118 valence electrons. The number of anilines is 1. The molecule has 2 fully saturated rings. The number of ether oxygens (including phenoxy) is 1. The fraction of sp³-hybridized carbons (Fsp3) is 0.500. The summed E-state index contributed by atoms with van der Waals surface area (Å²) in [6, 6.07) is 5.59. The molecule has 0 aromatic heterocycles. The van der Waals surface area contributed by atoms with Crippen LogP contribution in [0.1, 0.15) is 36.0 Å². The number of carbonyl (C=O) groups is 1. The smallest absolute Gasteiger partial charge is 0.339 e. The van der Waals surface area contributed by atoms with Gasteiger partial charge in [0.1, 0.15) is 0 Å². The lowest BCUT2D eigenvalue weighted by molar-refractivity contribution is 0.0601. The Morgan fingerprint density at radius 2 is 2.18 bits per heavy atom. The predicted molar refractivity (Wildman–Crippen MR) is 91.4 cm³/mol. The highest BCUT2D eigenvalue weighted by Gasteiger charge is 2.39. The lowest BCUT2D eigenvalue weighted by Crippen LogP contribution is -2.40. The lowest BCUT2D eigenvalue weighted by Gasteiger charge is -2.24. The third kappa shape index (κ3) is 3.20. The lowest BCUT2D eigenvalue weighted by atomic mass is 9.96. The Kier molecular flexibility index (Phi) is 4.54. The monoisotopic (exact) mass is 338 g/mol. The van der Waals surface area contributed by atoms with Crippen LogP contribution in [0.5, 0.6) is 0 Å². The summed E-state index contributed by atoms with van der Waals surface area (Å²) in [7, 11) is 1.33. The third-order valence-electron chi connectivity index (χ3n) is 4.68. The molecule has 0 amide bonds. The largest absolute Gasteiger partial charge is 0.465 e. The van der Waals surface area contributed by atoms with Gasteiger partial charge < -0.3 is 15.4 Å². The molecule has 1 aromatic rings. The number of fused-ring (bicyclic) bond motifs is 2. The van der Waals surface area contributed by atoms with E-state index in [2.05, 4.69) is 10.6 Å². The molecular formula is C16H19ClN2O2S. The molecule has 3 rings (SSSR count). The predicted octanol–water partition coefficient (Wildman–Crippen LogP) is 3.60. The summed E-state index contributed by atoms with van der Waals surface area (Å²) in [6.45, 7) is 0. The molecule has 0 spiro atoms. The maximum atomic E-state index is 11.7. The summed E-state index contributed by atoms with van der Waals surface area (Å²) in [5, 5.41) is 7.49. The maximum absolute atomic E-state index is 11.7.